The van der Waals surface area contributed by atoms with Crippen molar-refractivity contribution < 1.29 is 23.0 Å². The lowest BCUT2D eigenvalue weighted by Gasteiger charge is -2.05. The van der Waals surface area contributed by atoms with E-state index in [4.69, 9.17) is 9.47 Å². The molecular formula is C17H13F2N3O3S. The number of amides is 1. The lowest BCUT2D eigenvalue weighted by Crippen LogP contribution is -2.24. The average molecular weight is 377 g/mol. The Morgan fingerprint density at radius 3 is 2.88 bits per heavy atom. The summed E-state index contributed by atoms with van der Waals surface area (Å²) in [5, 5.41) is 3.21. The van der Waals surface area contributed by atoms with Gasteiger partial charge in [0.05, 0.1) is 16.8 Å². The smallest absolute Gasteiger partial charge is 0.231 e. The molecule has 1 aromatic heterocycles. The summed E-state index contributed by atoms with van der Waals surface area (Å²) < 4.78 is 36.9. The number of thioether (sulfide) groups is 1. The van der Waals surface area contributed by atoms with Crippen LogP contribution < -0.4 is 14.8 Å². The maximum absolute atomic E-state index is 13.2. The van der Waals surface area contributed by atoms with Crippen LogP contribution in [0.15, 0.2) is 35.5 Å². The van der Waals surface area contributed by atoms with Gasteiger partial charge in [-0.3, -0.25) is 4.79 Å². The molecule has 0 aliphatic carbocycles. The highest BCUT2D eigenvalue weighted by atomic mass is 32.2. The molecule has 6 nitrogen and oxygen atoms in total. The Balaban J connectivity index is 1.32. The number of H-pyrrole nitrogens is 1. The number of nitrogens with one attached hydrogen (secondary N) is 2. The standard InChI is InChI=1S/C17H13F2N3O3S/c18-10-4-12-13(5-11(10)19)22-17(21-12)26-7-16(23)20-6-9-1-2-14-15(3-9)25-8-24-14/h1-5H,6-8H2,(H,20,23)(H,21,22). The molecule has 3 aromatic rings. The Bertz CT molecular complexity index is 954. The van der Waals surface area contributed by atoms with Crippen molar-refractivity contribution in [2.24, 2.45) is 0 Å². The van der Waals surface area contributed by atoms with Crippen LogP contribution in [0.4, 0.5) is 8.78 Å². The van der Waals surface area contributed by atoms with Crippen LogP contribution in [0.1, 0.15) is 5.56 Å². The minimum atomic E-state index is -0.956. The summed E-state index contributed by atoms with van der Waals surface area (Å²) in [6.45, 7) is 0.555. The molecule has 0 radical (unpaired) electrons. The zero-order valence-electron chi connectivity index (χ0n) is 13.3. The number of halogens is 2. The molecule has 0 atom stereocenters. The second-order valence-electron chi connectivity index (χ2n) is 5.58. The van der Waals surface area contributed by atoms with E-state index in [0.29, 0.717) is 34.2 Å². The van der Waals surface area contributed by atoms with Gasteiger partial charge in [-0.25, -0.2) is 13.8 Å². The van der Waals surface area contributed by atoms with Crippen molar-refractivity contribution in [2.45, 2.75) is 11.7 Å². The highest BCUT2D eigenvalue weighted by Crippen LogP contribution is 2.32. The number of carbonyl (C=O) groups is 1. The van der Waals surface area contributed by atoms with Crippen LogP contribution in [0.25, 0.3) is 11.0 Å². The normalized spacial score (nSPS) is 12.5. The molecule has 0 saturated carbocycles. The molecular weight excluding hydrogens is 364 g/mol. The van der Waals surface area contributed by atoms with Crippen LogP contribution in [-0.4, -0.2) is 28.4 Å². The summed E-state index contributed by atoms with van der Waals surface area (Å²) in [6.07, 6.45) is 0. The largest absolute Gasteiger partial charge is 0.454 e. The van der Waals surface area contributed by atoms with E-state index in [1.165, 1.54) is 0 Å². The number of fused-ring (bicyclic) bond motifs is 2. The van der Waals surface area contributed by atoms with Crippen LogP contribution in [0.2, 0.25) is 0 Å². The molecule has 0 bridgehead atoms. The molecule has 1 aliphatic rings. The monoisotopic (exact) mass is 377 g/mol. The van der Waals surface area contributed by atoms with Gasteiger partial charge in [-0.1, -0.05) is 17.8 Å². The van der Waals surface area contributed by atoms with E-state index in [1.807, 2.05) is 12.1 Å². The number of carbonyl (C=O) groups excluding carboxylic acids is 1. The number of benzene rings is 2. The van der Waals surface area contributed by atoms with Gasteiger partial charge < -0.3 is 19.8 Å². The molecule has 0 saturated heterocycles. The Morgan fingerprint density at radius 2 is 2.00 bits per heavy atom. The molecule has 2 heterocycles. The molecule has 134 valence electrons. The first kappa shape index (κ1) is 16.6. The van der Waals surface area contributed by atoms with Crippen LogP contribution in [0, 0.1) is 11.6 Å². The van der Waals surface area contributed by atoms with Crippen molar-refractivity contribution in [2.75, 3.05) is 12.5 Å². The third-order valence-corrected chi connectivity index (χ3v) is 4.64. The predicted octanol–water partition coefficient (Wildman–Crippen LogP) is 2.98. The van der Waals surface area contributed by atoms with Gasteiger partial charge in [0, 0.05) is 18.7 Å². The second kappa shape index (κ2) is 6.83. The van der Waals surface area contributed by atoms with Crippen LogP contribution in [-0.2, 0) is 11.3 Å². The van der Waals surface area contributed by atoms with Gasteiger partial charge in [0.15, 0.2) is 28.3 Å². The second-order valence-corrected chi connectivity index (χ2v) is 6.54. The zero-order chi connectivity index (χ0) is 18.1. The lowest BCUT2D eigenvalue weighted by molar-refractivity contribution is -0.118. The molecule has 26 heavy (non-hydrogen) atoms. The SMILES string of the molecule is O=C(CSc1nc2cc(F)c(F)cc2[nH]1)NCc1ccc2c(c1)OCO2. The fourth-order valence-corrected chi connectivity index (χ4v) is 3.20. The summed E-state index contributed by atoms with van der Waals surface area (Å²) in [6, 6.07) is 7.53. The van der Waals surface area contributed by atoms with Gasteiger partial charge in [0.2, 0.25) is 12.7 Å². The third-order valence-electron chi connectivity index (χ3n) is 3.77. The van der Waals surface area contributed by atoms with Gasteiger partial charge in [0.25, 0.3) is 0 Å². The quantitative estimate of drug-likeness (QED) is 0.669. The van der Waals surface area contributed by atoms with E-state index in [1.54, 1.807) is 6.07 Å². The fraction of sp³-hybridized carbons (Fsp3) is 0.176. The molecule has 2 N–H and O–H groups in total. The molecule has 4 rings (SSSR count). The van der Waals surface area contributed by atoms with Gasteiger partial charge in [-0.15, -0.1) is 0 Å². The topological polar surface area (TPSA) is 76.2 Å². The summed E-state index contributed by atoms with van der Waals surface area (Å²) in [5.74, 6) is -0.622. The Labute approximate surface area is 150 Å². The van der Waals surface area contributed by atoms with E-state index < -0.39 is 11.6 Å². The zero-order valence-corrected chi connectivity index (χ0v) is 14.2. The molecule has 1 aliphatic heterocycles. The minimum absolute atomic E-state index is 0.120. The van der Waals surface area contributed by atoms with Crippen molar-refractivity contribution in [3.05, 3.63) is 47.5 Å². The van der Waals surface area contributed by atoms with Crippen LogP contribution in [0.3, 0.4) is 0 Å². The highest BCUT2D eigenvalue weighted by Gasteiger charge is 2.14. The summed E-state index contributed by atoms with van der Waals surface area (Å²) in [4.78, 5) is 19.0. The molecule has 2 aromatic carbocycles. The first-order valence-electron chi connectivity index (χ1n) is 7.71. The van der Waals surface area contributed by atoms with Crippen molar-refractivity contribution in [3.8, 4) is 11.5 Å². The molecule has 0 unspecified atom stereocenters. The van der Waals surface area contributed by atoms with E-state index in [-0.39, 0.29) is 18.5 Å². The first-order valence-corrected chi connectivity index (χ1v) is 8.70. The molecule has 1 amide bonds. The van der Waals surface area contributed by atoms with E-state index >= 15 is 0 Å². The average Bonchev–Trinajstić information content (AvgIpc) is 3.24. The Morgan fingerprint density at radius 1 is 1.19 bits per heavy atom. The highest BCUT2D eigenvalue weighted by molar-refractivity contribution is 7.99. The van der Waals surface area contributed by atoms with Crippen LogP contribution >= 0.6 is 11.8 Å². The maximum atomic E-state index is 13.2. The third kappa shape index (κ3) is 3.43. The van der Waals surface area contributed by atoms with Gasteiger partial charge in [-0.2, -0.15) is 0 Å². The maximum Gasteiger partial charge on any atom is 0.231 e. The van der Waals surface area contributed by atoms with Crippen molar-refractivity contribution in [3.63, 3.8) is 0 Å². The van der Waals surface area contributed by atoms with Crippen molar-refractivity contribution >= 4 is 28.7 Å². The summed E-state index contributed by atoms with van der Waals surface area (Å²) in [5.41, 5.74) is 1.58. The Hall–Kier alpha value is -2.81. The number of hydrogen-bond donors (Lipinski definition) is 2. The number of hydrogen-bond acceptors (Lipinski definition) is 5. The lowest BCUT2D eigenvalue weighted by atomic mass is 10.2. The number of aromatic nitrogens is 2. The van der Waals surface area contributed by atoms with Gasteiger partial charge in [0.1, 0.15) is 0 Å². The molecule has 0 fully saturated rings. The number of ether oxygens (including phenoxy) is 2. The fourth-order valence-electron chi connectivity index (χ4n) is 2.49. The van der Waals surface area contributed by atoms with Crippen LogP contribution in [0.5, 0.6) is 11.5 Å². The summed E-state index contributed by atoms with van der Waals surface area (Å²) >= 11 is 1.15. The Kier molecular flexibility index (Phi) is 4.37. The number of rotatable bonds is 5. The van der Waals surface area contributed by atoms with Crippen molar-refractivity contribution in [1.82, 2.24) is 15.3 Å². The minimum Gasteiger partial charge on any atom is -0.454 e. The van der Waals surface area contributed by atoms with E-state index in [0.717, 1.165) is 29.5 Å². The van der Waals surface area contributed by atoms with Gasteiger partial charge >= 0.3 is 0 Å². The van der Waals surface area contributed by atoms with Gasteiger partial charge in [-0.05, 0) is 17.7 Å². The summed E-state index contributed by atoms with van der Waals surface area (Å²) in [7, 11) is 0. The predicted molar refractivity (Wildman–Crippen MR) is 91.1 cm³/mol. The van der Waals surface area contributed by atoms with Crippen molar-refractivity contribution in [1.29, 1.82) is 0 Å². The number of imidazole rings is 1. The number of aromatic amines is 1. The first-order chi connectivity index (χ1) is 12.6. The number of nitrogens with zero attached hydrogens (tertiary/aromatic N) is 1. The molecule has 0 spiro atoms. The van der Waals surface area contributed by atoms with E-state index in [9.17, 15) is 13.6 Å². The molecule has 9 heteroatoms. The van der Waals surface area contributed by atoms with E-state index in [2.05, 4.69) is 15.3 Å².